The Hall–Kier alpha value is -0.480. The minimum absolute atomic E-state index is 0.737. The molecule has 0 aliphatic carbocycles. The van der Waals surface area contributed by atoms with E-state index in [9.17, 15) is 0 Å². The van der Waals surface area contributed by atoms with E-state index >= 15 is 0 Å². The fourth-order valence-corrected chi connectivity index (χ4v) is 1.55. The van der Waals surface area contributed by atoms with E-state index in [4.69, 9.17) is 5.73 Å². The quantitative estimate of drug-likeness (QED) is 0.735. The molecule has 62 valence electrons. The molecule has 0 bridgehead atoms. The lowest BCUT2D eigenvalue weighted by atomic mass is 10.3. The highest BCUT2D eigenvalue weighted by Crippen LogP contribution is 2.06. The van der Waals surface area contributed by atoms with Gasteiger partial charge in [-0.05, 0) is 24.5 Å². The van der Waals surface area contributed by atoms with E-state index in [2.05, 4.69) is 16.3 Å². The Kier molecular flexibility index (Phi) is 3.45. The zero-order valence-corrected chi connectivity index (χ0v) is 7.52. The zero-order chi connectivity index (χ0) is 8.10. The van der Waals surface area contributed by atoms with Crippen LogP contribution in [0.3, 0.4) is 0 Å². The molecule has 2 N–H and O–H groups in total. The molecule has 3 nitrogen and oxygen atoms in total. The Morgan fingerprint density at radius 3 is 2.91 bits per heavy atom. The summed E-state index contributed by atoms with van der Waals surface area (Å²) in [7, 11) is 0. The van der Waals surface area contributed by atoms with Crippen LogP contribution in [0.5, 0.6) is 0 Å². The molecule has 0 fully saturated rings. The van der Waals surface area contributed by atoms with Gasteiger partial charge in [0.1, 0.15) is 10.8 Å². The maximum Gasteiger partial charge on any atom is 0.142 e. The summed E-state index contributed by atoms with van der Waals surface area (Å²) in [6.45, 7) is 2.80. The summed E-state index contributed by atoms with van der Waals surface area (Å²) in [6, 6.07) is 0. The van der Waals surface area contributed by atoms with Gasteiger partial charge in [0.05, 0.1) is 0 Å². The summed E-state index contributed by atoms with van der Waals surface area (Å²) in [4.78, 5) is 4.32. The van der Waals surface area contributed by atoms with Gasteiger partial charge in [-0.1, -0.05) is 6.92 Å². The standard InChI is InChI=1S/C7H13N3S/c1-2-6-9-7(11-10-6)4-3-5-8/h2-5,8H2,1H3. The first kappa shape index (κ1) is 8.62. The van der Waals surface area contributed by atoms with Crippen molar-refractivity contribution in [2.45, 2.75) is 26.2 Å². The number of hydrogen-bond acceptors (Lipinski definition) is 4. The van der Waals surface area contributed by atoms with Gasteiger partial charge in [0, 0.05) is 12.8 Å². The molecule has 0 atom stereocenters. The number of nitrogens with two attached hydrogens (primary N) is 1. The molecule has 0 unspecified atom stereocenters. The molecule has 1 rings (SSSR count). The molecule has 0 saturated heterocycles. The first-order valence-electron chi connectivity index (χ1n) is 3.88. The molecular weight excluding hydrogens is 158 g/mol. The van der Waals surface area contributed by atoms with Gasteiger partial charge in [-0.2, -0.15) is 4.37 Å². The molecular formula is C7H13N3S. The van der Waals surface area contributed by atoms with Crippen molar-refractivity contribution in [1.29, 1.82) is 0 Å². The molecule has 1 aromatic heterocycles. The van der Waals surface area contributed by atoms with Gasteiger partial charge in [-0.25, -0.2) is 4.98 Å². The van der Waals surface area contributed by atoms with Crippen molar-refractivity contribution >= 4 is 11.5 Å². The van der Waals surface area contributed by atoms with Gasteiger partial charge >= 0.3 is 0 Å². The van der Waals surface area contributed by atoms with Crippen LogP contribution in [0, 0.1) is 0 Å². The number of rotatable bonds is 4. The van der Waals surface area contributed by atoms with Gasteiger partial charge in [0.15, 0.2) is 0 Å². The summed E-state index contributed by atoms with van der Waals surface area (Å²) in [5, 5.41) is 1.12. The minimum atomic E-state index is 0.737. The maximum absolute atomic E-state index is 5.37. The average molecular weight is 171 g/mol. The van der Waals surface area contributed by atoms with E-state index in [1.54, 1.807) is 0 Å². The summed E-state index contributed by atoms with van der Waals surface area (Å²) in [6.07, 6.45) is 2.92. The lowest BCUT2D eigenvalue weighted by Crippen LogP contribution is -2.00. The molecule has 0 saturated carbocycles. The fraction of sp³-hybridized carbons (Fsp3) is 0.714. The van der Waals surface area contributed by atoms with Gasteiger partial charge in [0.2, 0.25) is 0 Å². The minimum Gasteiger partial charge on any atom is -0.330 e. The second kappa shape index (κ2) is 4.41. The summed E-state index contributed by atoms with van der Waals surface area (Å²) >= 11 is 1.50. The Bertz CT molecular complexity index is 209. The van der Waals surface area contributed by atoms with Gasteiger partial charge < -0.3 is 5.73 Å². The van der Waals surface area contributed by atoms with Crippen molar-refractivity contribution in [2.24, 2.45) is 5.73 Å². The molecule has 0 radical (unpaired) electrons. The lowest BCUT2D eigenvalue weighted by Gasteiger charge is -1.89. The third-order valence-corrected chi connectivity index (χ3v) is 2.23. The fourth-order valence-electron chi connectivity index (χ4n) is 0.789. The molecule has 0 aliphatic rings. The smallest absolute Gasteiger partial charge is 0.142 e. The van der Waals surface area contributed by atoms with E-state index < -0.39 is 0 Å². The number of aromatic nitrogens is 2. The Labute approximate surface area is 70.8 Å². The van der Waals surface area contributed by atoms with E-state index in [0.717, 1.165) is 36.6 Å². The molecule has 1 aromatic rings. The van der Waals surface area contributed by atoms with Crippen LogP contribution in [0.25, 0.3) is 0 Å². The van der Waals surface area contributed by atoms with E-state index in [1.165, 1.54) is 11.5 Å². The van der Waals surface area contributed by atoms with Crippen molar-refractivity contribution in [3.63, 3.8) is 0 Å². The Balaban J connectivity index is 2.44. The summed E-state index contributed by atoms with van der Waals surface area (Å²) in [5.41, 5.74) is 5.37. The highest BCUT2D eigenvalue weighted by Gasteiger charge is 2.00. The van der Waals surface area contributed by atoms with E-state index in [1.807, 2.05) is 0 Å². The van der Waals surface area contributed by atoms with Crippen LogP contribution in [-0.2, 0) is 12.8 Å². The van der Waals surface area contributed by atoms with Crippen molar-refractivity contribution in [3.8, 4) is 0 Å². The van der Waals surface area contributed by atoms with Gasteiger partial charge in [0.25, 0.3) is 0 Å². The van der Waals surface area contributed by atoms with E-state index in [-0.39, 0.29) is 0 Å². The largest absolute Gasteiger partial charge is 0.330 e. The third-order valence-electron chi connectivity index (χ3n) is 1.42. The first-order valence-corrected chi connectivity index (χ1v) is 4.65. The van der Waals surface area contributed by atoms with Crippen LogP contribution in [0.1, 0.15) is 24.2 Å². The second-order valence-corrected chi connectivity index (χ2v) is 3.19. The van der Waals surface area contributed by atoms with Crippen molar-refractivity contribution in [2.75, 3.05) is 6.54 Å². The number of hydrogen-bond donors (Lipinski definition) is 1. The average Bonchev–Trinajstić information content (AvgIpc) is 2.48. The third kappa shape index (κ3) is 2.55. The Morgan fingerprint density at radius 2 is 2.36 bits per heavy atom. The number of nitrogens with zero attached hydrogens (tertiary/aromatic N) is 2. The van der Waals surface area contributed by atoms with Crippen LogP contribution in [0.4, 0.5) is 0 Å². The highest BCUT2D eigenvalue weighted by atomic mass is 32.1. The first-order chi connectivity index (χ1) is 5.36. The van der Waals surface area contributed by atoms with Gasteiger partial charge in [-0.3, -0.25) is 0 Å². The molecule has 0 spiro atoms. The van der Waals surface area contributed by atoms with Crippen molar-refractivity contribution in [3.05, 3.63) is 10.8 Å². The molecule has 1 heterocycles. The number of aryl methyl sites for hydroxylation is 2. The van der Waals surface area contributed by atoms with Crippen LogP contribution in [0.15, 0.2) is 0 Å². The maximum atomic E-state index is 5.37. The van der Waals surface area contributed by atoms with Crippen LogP contribution in [0.2, 0.25) is 0 Å². The molecule has 0 aromatic carbocycles. The Morgan fingerprint density at radius 1 is 1.55 bits per heavy atom. The normalized spacial score (nSPS) is 10.4. The highest BCUT2D eigenvalue weighted by molar-refractivity contribution is 7.05. The molecule has 4 heteroatoms. The van der Waals surface area contributed by atoms with Gasteiger partial charge in [-0.15, -0.1) is 0 Å². The van der Waals surface area contributed by atoms with Crippen molar-refractivity contribution < 1.29 is 0 Å². The van der Waals surface area contributed by atoms with Crippen LogP contribution < -0.4 is 5.73 Å². The van der Waals surface area contributed by atoms with Crippen molar-refractivity contribution in [1.82, 2.24) is 9.36 Å². The van der Waals surface area contributed by atoms with E-state index in [0.29, 0.717) is 0 Å². The molecule has 0 aliphatic heterocycles. The van der Waals surface area contributed by atoms with Crippen LogP contribution in [-0.4, -0.2) is 15.9 Å². The van der Waals surface area contributed by atoms with Crippen LogP contribution >= 0.6 is 11.5 Å². The zero-order valence-electron chi connectivity index (χ0n) is 6.71. The second-order valence-electron chi connectivity index (χ2n) is 2.35. The predicted octanol–water partition coefficient (Wildman–Crippen LogP) is 0.992. The molecule has 0 amide bonds. The lowest BCUT2D eigenvalue weighted by molar-refractivity contribution is 0.818. The summed E-state index contributed by atoms with van der Waals surface area (Å²) in [5.74, 6) is 0.960. The topological polar surface area (TPSA) is 51.8 Å². The molecule has 11 heavy (non-hydrogen) atoms. The predicted molar refractivity (Wildman–Crippen MR) is 46.7 cm³/mol. The SMILES string of the molecule is CCc1nsc(CCCN)n1. The monoisotopic (exact) mass is 171 g/mol. The summed E-state index contributed by atoms with van der Waals surface area (Å²) < 4.78 is 4.18.